The summed E-state index contributed by atoms with van der Waals surface area (Å²) in [6.07, 6.45) is 14.2. The van der Waals surface area contributed by atoms with Crippen LogP contribution in [0.15, 0.2) is 38.0 Å². The van der Waals surface area contributed by atoms with Gasteiger partial charge in [-0.1, -0.05) is 70.4 Å². The number of hydrogen-bond donors (Lipinski definition) is 0. The molecule has 0 rings (SSSR count). The van der Waals surface area contributed by atoms with Gasteiger partial charge in [-0.05, 0) is 12.8 Å². The molecule has 0 aliphatic rings. The van der Waals surface area contributed by atoms with Crippen molar-refractivity contribution in [1.82, 2.24) is 0 Å². The summed E-state index contributed by atoms with van der Waals surface area (Å²) >= 11 is 0. The van der Waals surface area contributed by atoms with Gasteiger partial charge < -0.3 is 4.74 Å². The van der Waals surface area contributed by atoms with Gasteiger partial charge in [0.2, 0.25) is 0 Å². The average molecular weight is 236 g/mol. The molecule has 0 aliphatic carbocycles. The molecular weight excluding hydrogens is 208 g/mol. The maximum absolute atomic E-state index is 5.75. The molecule has 0 amide bonds. The zero-order valence-corrected chi connectivity index (χ0v) is 11.4. The zero-order chi connectivity index (χ0) is 13.0. The summed E-state index contributed by atoms with van der Waals surface area (Å²) in [5.41, 5.74) is -0.362. The summed E-state index contributed by atoms with van der Waals surface area (Å²) in [5, 5.41) is 0. The Morgan fingerprint density at radius 1 is 0.941 bits per heavy atom. The van der Waals surface area contributed by atoms with E-state index in [1.807, 2.05) is 12.2 Å². The number of rotatable bonds is 12. The van der Waals surface area contributed by atoms with Crippen LogP contribution in [-0.2, 0) is 4.74 Å². The molecule has 1 heteroatoms. The first kappa shape index (κ1) is 16.2. The maximum Gasteiger partial charge on any atom is 0.104 e. The summed E-state index contributed by atoms with van der Waals surface area (Å²) in [6.45, 7) is 14.2. The summed E-state index contributed by atoms with van der Waals surface area (Å²) in [5.74, 6) is 0. The van der Waals surface area contributed by atoms with Crippen molar-refractivity contribution in [3.8, 4) is 0 Å². The van der Waals surface area contributed by atoms with E-state index in [2.05, 4.69) is 26.7 Å². The van der Waals surface area contributed by atoms with Crippen molar-refractivity contribution in [2.45, 2.75) is 57.5 Å². The van der Waals surface area contributed by atoms with Gasteiger partial charge in [-0.3, -0.25) is 0 Å². The zero-order valence-electron chi connectivity index (χ0n) is 11.4. The SMILES string of the molecule is C=CCOC(C=C)(C=C)CCCCCCCC. The standard InChI is InChI=1S/C16H28O/c1-5-9-10-11-12-13-14-16(7-3,8-4)17-15-6-2/h6-8H,2-5,9-15H2,1H3. The highest BCUT2D eigenvalue weighted by Crippen LogP contribution is 2.23. The van der Waals surface area contributed by atoms with Gasteiger partial charge in [0, 0.05) is 0 Å². The minimum atomic E-state index is -0.362. The lowest BCUT2D eigenvalue weighted by molar-refractivity contribution is 0.0391. The van der Waals surface area contributed by atoms with E-state index in [1.165, 1.54) is 38.5 Å². The maximum atomic E-state index is 5.75. The second-order valence-corrected chi connectivity index (χ2v) is 4.48. The fourth-order valence-electron chi connectivity index (χ4n) is 1.87. The van der Waals surface area contributed by atoms with Gasteiger partial charge in [0.05, 0.1) is 6.61 Å². The van der Waals surface area contributed by atoms with E-state index < -0.39 is 0 Å². The lowest BCUT2D eigenvalue weighted by Gasteiger charge is -2.26. The van der Waals surface area contributed by atoms with Crippen LogP contribution in [0.5, 0.6) is 0 Å². The number of hydrogen-bond acceptors (Lipinski definition) is 1. The first-order valence-corrected chi connectivity index (χ1v) is 6.76. The van der Waals surface area contributed by atoms with Crippen molar-refractivity contribution in [2.24, 2.45) is 0 Å². The van der Waals surface area contributed by atoms with Gasteiger partial charge >= 0.3 is 0 Å². The van der Waals surface area contributed by atoms with E-state index in [4.69, 9.17) is 4.74 Å². The minimum Gasteiger partial charge on any atom is -0.363 e. The quantitative estimate of drug-likeness (QED) is 0.340. The first-order valence-electron chi connectivity index (χ1n) is 6.76. The Morgan fingerprint density at radius 2 is 1.53 bits per heavy atom. The summed E-state index contributed by atoms with van der Waals surface area (Å²) < 4.78 is 5.75. The Bertz CT molecular complexity index is 210. The summed E-state index contributed by atoms with van der Waals surface area (Å²) in [6, 6.07) is 0. The first-order chi connectivity index (χ1) is 8.24. The van der Waals surface area contributed by atoms with Gasteiger partial charge in [0.15, 0.2) is 0 Å². The molecule has 17 heavy (non-hydrogen) atoms. The molecule has 0 atom stereocenters. The highest BCUT2D eigenvalue weighted by molar-refractivity contribution is 5.09. The van der Waals surface area contributed by atoms with Crippen molar-refractivity contribution in [3.63, 3.8) is 0 Å². The molecule has 0 N–H and O–H groups in total. The van der Waals surface area contributed by atoms with Crippen LogP contribution in [-0.4, -0.2) is 12.2 Å². The smallest absolute Gasteiger partial charge is 0.104 e. The lowest BCUT2D eigenvalue weighted by atomic mass is 9.95. The molecule has 0 aromatic heterocycles. The third kappa shape index (κ3) is 7.17. The monoisotopic (exact) mass is 236 g/mol. The summed E-state index contributed by atoms with van der Waals surface area (Å²) in [7, 11) is 0. The predicted octanol–water partition coefficient (Wildman–Crippen LogP) is 5.05. The highest BCUT2D eigenvalue weighted by atomic mass is 16.5. The topological polar surface area (TPSA) is 9.23 Å². The van der Waals surface area contributed by atoms with Gasteiger partial charge in [0.1, 0.15) is 5.60 Å². The molecule has 0 radical (unpaired) electrons. The van der Waals surface area contributed by atoms with Crippen LogP contribution in [0.2, 0.25) is 0 Å². The molecule has 0 aromatic carbocycles. The Kier molecular flexibility index (Phi) is 9.84. The Balaban J connectivity index is 3.87. The van der Waals surface area contributed by atoms with E-state index >= 15 is 0 Å². The molecular formula is C16H28O. The summed E-state index contributed by atoms with van der Waals surface area (Å²) in [4.78, 5) is 0. The molecule has 0 aliphatic heterocycles. The van der Waals surface area contributed by atoms with E-state index in [0.717, 1.165) is 6.42 Å². The van der Waals surface area contributed by atoms with Crippen LogP contribution in [0.3, 0.4) is 0 Å². The largest absolute Gasteiger partial charge is 0.363 e. The molecule has 0 fully saturated rings. The molecule has 0 spiro atoms. The number of ether oxygens (including phenoxy) is 1. The Hall–Kier alpha value is -0.820. The molecule has 0 saturated carbocycles. The van der Waals surface area contributed by atoms with Gasteiger partial charge in [-0.2, -0.15) is 0 Å². The van der Waals surface area contributed by atoms with Crippen LogP contribution in [0, 0.1) is 0 Å². The second kappa shape index (κ2) is 10.3. The second-order valence-electron chi connectivity index (χ2n) is 4.48. The van der Waals surface area contributed by atoms with Crippen LogP contribution in [0.25, 0.3) is 0 Å². The van der Waals surface area contributed by atoms with Crippen molar-refractivity contribution < 1.29 is 4.74 Å². The van der Waals surface area contributed by atoms with E-state index in [9.17, 15) is 0 Å². The third-order valence-electron chi connectivity index (χ3n) is 3.08. The number of unbranched alkanes of at least 4 members (excludes halogenated alkanes) is 5. The molecule has 0 aromatic rings. The van der Waals surface area contributed by atoms with E-state index in [0.29, 0.717) is 6.61 Å². The molecule has 98 valence electrons. The minimum absolute atomic E-state index is 0.362. The van der Waals surface area contributed by atoms with Crippen LogP contribution >= 0.6 is 0 Å². The van der Waals surface area contributed by atoms with Gasteiger partial charge in [0.25, 0.3) is 0 Å². The van der Waals surface area contributed by atoms with Crippen molar-refractivity contribution in [1.29, 1.82) is 0 Å². The Morgan fingerprint density at radius 3 is 2.06 bits per heavy atom. The van der Waals surface area contributed by atoms with E-state index in [-0.39, 0.29) is 5.60 Å². The van der Waals surface area contributed by atoms with Crippen molar-refractivity contribution >= 4 is 0 Å². The molecule has 1 nitrogen and oxygen atoms in total. The average Bonchev–Trinajstić information content (AvgIpc) is 2.38. The molecule has 0 saturated heterocycles. The van der Waals surface area contributed by atoms with E-state index in [1.54, 1.807) is 6.08 Å². The van der Waals surface area contributed by atoms with Crippen molar-refractivity contribution in [2.75, 3.05) is 6.61 Å². The third-order valence-corrected chi connectivity index (χ3v) is 3.08. The van der Waals surface area contributed by atoms with Crippen LogP contribution in [0.1, 0.15) is 51.9 Å². The lowest BCUT2D eigenvalue weighted by Crippen LogP contribution is -2.27. The molecule has 0 bridgehead atoms. The predicted molar refractivity (Wildman–Crippen MR) is 77.3 cm³/mol. The molecule has 0 heterocycles. The fourth-order valence-corrected chi connectivity index (χ4v) is 1.87. The molecule has 0 unspecified atom stereocenters. The van der Waals surface area contributed by atoms with Gasteiger partial charge in [-0.25, -0.2) is 0 Å². The van der Waals surface area contributed by atoms with Crippen LogP contribution in [0.4, 0.5) is 0 Å². The fraction of sp³-hybridized carbons (Fsp3) is 0.625. The van der Waals surface area contributed by atoms with Crippen LogP contribution < -0.4 is 0 Å². The normalized spacial score (nSPS) is 11.1. The van der Waals surface area contributed by atoms with Crippen molar-refractivity contribution in [3.05, 3.63) is 38.0 Å². The Labute approximate surface area is 107 Å². The highest BCUT2D eigenvalue weighted by Gasteiger charge is 2.21. The van der Waals surface area contributed by atoms with Gasteiger partial charge in [-0.15, -0.1) is 6.58 Å².